The summed E-state index contributed by atoms with van der Waals surface area (Å²) in [7, 11) is 0. The highest BCUT2D eigenvalue weighted by Gasteiger charge is 2.11. The summed E-state index contributed by atoms with van der Waals surface area (Å²) >= 11 is 0. The second-order valence-electron chi connectivity index (χ2n) is 4.08. The molecule has 0 radical (unpaired) electrons. The number of benzene rings is 1. The highest BCUT2D eigenvalue weighted by Crippen LogP contribution is 2.23. The highest BCUT2D eigenvalue weighted by molar-refractivity contribution is 5.85. The smallest absolute Gasteiger partial charge is 0.123 e. The van der Waals surface area contributed by atoms with Gasteiger partial charge in [0.1, 0.15) is 5.82 Å². The average molecular weight is 246 g/mol. The predicted molar refractivity (Wildman–Crippen MR) is 69.3 cm³/mol. The second kappa shape index (κ2) is 7.64. The van der Waals surface area contributed by atoms with Crippen molar-refractivity contribution in [1.82, 2.24) is 0 Å². The first kappa shape index (κ1) is 15.4. The third kappa shape index (κ3) is 4.50. The minimum absolute atomic E-state index is 0. The van der Waals surface area contributed by atoms with Gasteiger partial charge in [0.15, 0.2) is 0 Å². The Hall–Kier alpha value is -0.600. The summed E-state index contributed by atoms with van der Waals surface area (Å²) in [6, 6.07) is 6.55. The largest absolute Gasteiger partial charge is 0.324 e. The Kier molecular flexibility index (Phi) is 7.35. The zero-order valence-corrected chi connectivity index (χ0v) is 10.8. The molecule has 3 heteroatoms. The van der Waals surface area contributed by atoms with Gasteiger partial charge >= 0.3 is 0 Å². The summed E-state index contributed by atoms with van der Waals surface area (Å²) in [5, 5.41) is 0. The number of nitrogens with two attached hydrogens (primary N) is 1. The van der Waals surface area contributed by atoms with Gasteiger partial charge < -0.3 is 5.73 Å². The molecule has 1 nitrogen and oxygen atoms in total. The van der Waals surface area contributed by atoms with Crippen LogP contribution < -0.4 is 5.73 Å². The maximum atomic E-state index is 12.7. The third-order valence-electron chi connectivity index (χ3n) is 3.04. The van der Waals surface area contributed by atoms with Crippen molar-refractivity contribution in [2.75, 3.05) is 0 Å². The van der Waals surface area contributed by atoms with Crippen molar-refractivity contribution >= 4 is 12.4 Å². The van der Waals surface area contributed by atoms with Crippen molar-refractivity contribution < 1.29 is 4.39 Å². The topological polar surface area (TPSA) is 26.0 Å². The Morgan fingerprint density at radius 1 is 1.12 bits per heavy atom. The summed E-state index contributed by atoms with van der Waals surface area (Å²) in [6.07, 6.45) is 3.30. The van der Waals surface area contributed by atoms with E-state index < -0.39 is 0 Å². The molecule has 1 unspecified atom stereocenters. The Bertz CT molecular complexity index is 282. The van der Waals surface area contributed by atoms with Gasteiger partial charge in [0.2, 0.25) is 0 Å². The number of hydrogen-bond donors (Lipinski definition) is 1. The fourth-order valence-electron chi connectivity index (χ4n) is 1.83. The molecule has 0 aliphatic carbocycles. The van der Waals surface area contributed by atoms with E-state index in [9.17, 15) is 4.39 Å². The zero-order valence-electron chi connectivity index (χ0n) is 9.95. The highest BCUT2D eigenvalue weighted by atomic mass is 35.5. The lowest BCUT2D eigenvalue weighted by molar-refractivity contribution is 0.414. The number of rotatable bonds is 5. The summed E-state index contributed by atoms with van der Waals surface area (Å²) in [5.74, 6) is 0.471. The van der Waals surface area contributed by atoms with Gasteiger partial charge in [0.05, 0.1) is 0 Å². The minimum atomic E-state index is -0.200. The van der Waals surface area contributed by atoms with Crippen LogP contribution in [0.15, 0.2) is 24.3 Å². The molecule has 2 N–H and O–H groups in total. The van der Waals surface area contributed by atoms with E-state index >= 15 is 0 Å². The first-order chi connectivity index (χ1) is 7.17. The molecule has 0 fully saturated rings. The lowest BCUT2D eigenvalue weighted by atomic mass is 9.92. The van der Waals surface area contributed by atoms with Gasteiger partial charge in [-0.05, 0) is 30.0 Å². The van der Waals surface area contributed by atoms with Crippen LogP contribution in [0, 0.1) is 11.7 Å². The van der Waals surface area contributed by atoms with Crippen molar-refractivity contribution in [3.05, 3.63) is 35.6 Å². The van der Waals surface area contributed by atoms with Gasteiger partial charge in [-0.15, -0.1) is 12.4 Å². The summed E-state index contributed by atoms with van der Waals surface area (Å²) in [4.78, 5) is 0. The molecule has 1 aromatic rings. The number of hydrogen-bond acceptors (Lipinski definition) is 1. The summed E-state index contributed by atoms with van der Waals surface area (Å²) < 4.78 is 12.7. The van der Waals surface area contributed by atoms with Gasteiger partial charge in [-0.2, -0.15) is 0 Å². The standard InChI is InChI=1S/C13H20FN.ClH/c1-3-10(4-2)9-13(15)11-5-7-12(14)8-6-11;/h5-8,10,13H,3-4,9,15H2,1-2H3;1H. The van der Waals surface area contributed by atoms with Gasteiger partial charge in [-0.3, -0.25) is 0 Å². The SMILES string of the molecule is CCC(CC)CC(N)c1ccc(F)cc1.Cl. The van der Waals surface area contributed by atoms with Crippen molar-refractivity contribution in [2.24, 2.45) is 11.7 Å². The first-order valence-electron chi connectivity index (χ1n) is 5.68. The van der Waals surface area contributed by atoms with Gasteiger partial charge in [-0.25, -0.2) is 4.39 Å². The average Bonchev–Trinajstić information content (AvgIpc) is 2.26. The van der Waals surface area contributed by atoms with Gasteiger partial charge in [0.25, 0.3) is 0 Å². The van der Waals surface area contributed by atoms with Crippen LogP contribution in [-0.4, -0.2) is 0 Å². The zero-order chi connectivity index (χ0) is 11.3. The lowest BCUT2D eigenvalue weighted by Crippen LogP contribution is -2.14. The van der Waals surface area contributed by atoms with E-state index in [-0.39, 0.29) is 24.3 Å². The van der Waals surface area contributed by atoms with E-state index in [1.54, 1.807) is 12.1 Å². The molecular weight excluding hydrogens is 225 g/mol. The molecule has 16 heavy (non-hydrogen) atoms. The van der Waals surface area contributed by atoms with E-state index in [4.69, 9.17) is 5.73 Å². The molecule has 0 saturated carbocycles. The molecule has 1 rings (SSSR count). The van der Waals surface area contributed by atoms with Gasteiger partial charge in [0, 0.05) is 6.04 Å². The maximum Gasteiger partial charge on any atom is 0.123 e. The molecule has 0 aliphatic heterocycles. The quantitative estimate of drug-likeness (QED) is 0.831. The fraction of sp³-hybridized carbons (Fsp3) is 0.538. The first-order valence-corrected chi connectivity index (χ1v) is 5.68. The Labute approximate surface area is 104 Å². The summed E-state index contributed by atoms with van der Waals surface area (Å²) in [5.41, 5.74) is 7.11. The molecule has 92 valence electrons. The van der Waals surface area contributed by atoms with Crippen LogP contribution in [0.1, 0.15) is 44.7 Å². The Balaban J connectivity index is 0.00000225. The van der Waals surface area contributed by atoms with Crippen molar-refractivity contribution in [3.8, 4) is 0 Å². The van der Waals surface area contributed by atoms with Crippen molar-refractivity contribution in [1.29, 1.82) is 0 Å². The summed E-state index contributed by atoms with van der Waals surface area (Å²) in [6.45, 7) is 4.37. The van der Waals surface area contributed by atoms with Crippen LogP contribution in [0.2, 0.25) is 0 Å². The molecule has 1 aromatic carbocycles. The van der Waals surface area contributed by atoms with E-state index in [1.807, 2.05) is 0 Å². The third-order valence-corrected chi connectivity index (χ3v) is 3.04. The molecule has 0 amide bonds. The van der Waals surface area contributed by atoms with E-state index in [0.717, 1.165) is 24.8 Å². The van der Waals surface area contributed by atoms with Crippen molar-refractivity contribution in [2.45, 2.75) is 39.2 Å². The Morgan fingerprint density at radius 2 is 1.62 bits per heavy atom. The molecule has 0 bridgehead atoms. The molecule has 0 aliphatic rings. The molecule has 0 spiro atoms. The molecule has 0 heterocycles. The molecule has 0 saturated heterocycles. The molecule has 1 atom stereocenters. The maximum absolute atomic E-state index is 12.7. The Morgan fingerprint density at radius 3 is 2.06 bits per heavy atom. The number of halogens is 2. The lowest BCUT2D eigenvalue weighted by Gasteiger charge is -2.18. The fourth-order valence-corrected chi connectivity index (χ4v) is 1.83. The van der Waals surface area contributed by atoms with Crippen LogP contribution in [0.4, 0.5) is 4.39 Å². The van der Waals surface area contributed by atoms with Crippen molar-refractivity contribution in [3.63, 3.8) is 0 Å². The monoisotopic (exact) mass is 245 g/mol. The van der Waals surface area contributed by atoms with E-state index in [2.05, 4.69) is 13.8 Å². The molecular formula is C13H21ClFN. The molecule has 0 aromatic heterocycles. The predicted octanol–water partition coefficient (Wildman–Crippen LogP) is 4.07. The van der Waals surface area contributed by atoms with Crippen LogP contribution in [0.25, 0.3) is 0 Å². The van der Waals surface area contributed by atoms with Crippen LogP contribution in [0.5, 0.6) is 0 Å². The second-order valence-corrected chi connectivity index (χ2v) is 4.08. The van der Waals surface area contributed by atoms with E-state index in [0.29, 0.717) is 5.92 Å². The normalized spacial score (nSPS) is 12.3. The van der Waals surface area contributed by atoms with Crippen LogP contribution in [0.3, 0.4) is 0 Å². The minimum Gasteiger partial charge on any atom is -0.324 e. The van der Waals surface area contributed by atoms with Crippen LogP contribution >= 0.6 is 12.4 Å². The van der Waals surface area contributed by atoms with E-state index in [1.165, 1.54) is 12.1 Å². The van der Waals surface area contributed by atoms with Crippen LogP contribution in [-0.2, 0) is 0 Å². The van der Waals surface area contributed by atoms with Gasteiger partial charge in [-0.1, -0.05) is 38.8 Å².